The Morgan fingerprint density at radius 1 is 1.25 bits per heavy atom. The molecule has 0 spiro atoms. The van der Waals surface area contributed by atoms with Gasteiger partial charge in [0.25, 0.3) is 0 Å². The third-order valence-electron chi connectivity index (χ3n) is 5.15. The van der Waals surface area contributed by atoms with Crippen molar-refractivity contribution in [3.8, 4) is 5.69 Å². The van der Waals surface area contributed by atoms with Gasteiger partial charge in [0.2, 0.25) is 5.91 Å². The molecule has 3 aromatic rings. The molecule has 1 fully saturated rings. The van der Waals surface area contributed by atoms with Gasteiger partial charge in [-0.05, 0) is 54.5 Å². The Bertz CT molecular complexity index is 963. The fourth-order valence-corrected chi connectivity index (χ4v) is 3.62. The predicted octanol–water partition coefficient (Wildman–Crippen LogP) is 0.607. The largest absolute Gasteiger partial charge is 0.391 e. The summed E-state index contributed by atoms with van der Waals surface area (Å²) >= 11 is 0. The summed E-state index contributed by atoms with van der Waals surface area (Å²) in [6.07, 6.45) is 0.441. The molecule has 0 radical (unpaired) electrons. The average Bonchev–Trinajstić information content (AvgIpc) is 3.37. The second-order valence-corrected chi connectivity index (χ2v) is 7.35. The van der Waals surface area contributed by atoms with Crippen LogP contribution in [0.1, 0.15) is 22.8 Å². The number of β-amino-alcohol motifs (C(OH)–C–C–N with tert-alkyl or cyclic N) is 1. The van der Waals surface area contributed by atoms with Gasteiger partial charge in [0, 0.05) is 24.7 Å². The molecule has 1 aliphatic rings. The normalized spacial score (nSPS) is 19.3. The van der Waals surface area contributed by atoms with Crippen LogP contribution >= 0.6 is 0 Å². The van der Waals surface area contributed by atoms with Crippen LogP contribution in [-0.4, -0.2) is 65.5 Å². The highest BCUT2D eigenvalue weighted by atomic mass is 16.3. The maximum absolute atomic E-state index is 12.7. The first-order valence-electron chi connectivity index (χ1n) is 9.30. The number of aliphatic hydroxyl groups is 1. The van der Waals surface area contributed by atoms with Crippen molar-refractivity contribution >= 4 is 5.91 Å². The lowest BCUT2D eigenvalue weighted by Gasteiger charge is -2.16. The lowest BCUT2D eigenvalue weighted by Crippen LogP contribution is -2.31. The first-order valence-corrected chi connectivity index (χ1v) is 9.30. The number of amides is 1. The Kier molecular flexibility index (Phi) is 4.91. The van der Waals surface area contributed by atoms with Gasteiger partial charge in [0.15, 0.2) is 5.82 Å². The van der Waals surface area contributed by atoms with Gasteiger partial charge in [0.05, 0.1) is 23.9 Å². The van der Waals surface area contributed by atoms with E-state index in [1.165, 1.54) is 0 Å². The van der Waals surface area contributed by atoms with Crippen molar-refractivity contribution in [1.82, 2.24) is 35.3 Å². The van der Waals surface area contributed by atoms with E-state index in [0.29, 0.717) is 31.8 Å². The fourth-order valence-electron chi connectivity index (χ4n) is 3.62. The summed E-state index contributed by atoms with van der Waals surface area (Å²) in [4.78, 5) is 14.4. The first-order chi connectivity index (χ1) is 13.5. The molecule has 28 heavy (non-hydrogen) atoms. The first kappa shape index (κ1) is 18.3. The van der Waals surface area contributed by atoms with Crippen molar-refractivity contribution in [3.63, 3.8) is 0 Å². The number of hydrogen-bond acceptors (Lipinski definition) is 6. The molecular weight excluding hydrogens is 358 g/mol. The van der Waals surface area contributed by atoms with E-state index in [-0.39, 0.29) is 11.8 Å². The molecule has 2 atom stereocenters. The maximum Gasteiger partial charge on any atom is 0.227 e. The molecule has 9 nitrogen and oxygen atoms in total. The third kappa shape index (κ3) is 3.79. The van der Waals surface area contributed by atoms with Gasteiger partial charge in [-0.1, -0.05) is 12.1 Å². The Morgan fingerprint density at radius 2 is 2.04 bits per heavy atom. The number of hydrogen-bond donors (Lipinski definition) is 2. The van der Waals surface area contributed by atoms with E-state index >= 15 is 0 Å². The number of nitrogens with one attached hydrogen (secondary N) is 1. The quantitative estimate of drug-likeness (QED) is 0.669. The van der Waals surface area contributed by atoms with Crippen molar-refractivity contribution in [2.24, 2.45) is 5.92 Å². The highest BCUT2D eigenvalue weighted by Crippen LogP contribution is 2.22. The number of nitrogens with zero attached hydrogens (tertiary/aromatic N) is 6. The number of H-pyrrole nitrogens is 1. The van der Waals surface area contributed by atoms with Gasteiger partial charge in [-0.15, -0.1) is 5.10 Å². The van der Waals surface area contributed by atoms with E-state index in [2.05, 4.69) is 25.7 Å². The highest BCUT2D eigenvalue weighted by Gasteiger charge is 2.34. The molecule has 1 aliphatic heterocycles. The minimum absolute atomic E-state index is 0.0109. The van der Waals surface area contributed by atoms with Crippen molar-refractivity contribution in [1.29, 1.82) is 0 Å². The third-order valence-corrected chi connectivity index (χ3v) is 5.15. The molecule has 1 amide bonds. The van der Waals surface area contributed by atoms with Crippen LogP contribution in [-0.2, 0) is 17.6 Å². The Labute approximate surface area is 162 Å². The Hall–Kier alpha value is -3.07. The highest BCUT2D eigenvalue weighted by molar-refractivity contribution is 5.79. The summed E-state index contributed by atoms with van der Waals surface area (Å²) in [5, 5.41) is 29.0. The number of tetrazole rings is 1. The summed E-state index contributed by atoms with van der Waals surface area (Å²) in [6.45, 7) is 4.70. The molecule has 0 aliphatic carbocycles. The molecule has 0 saturated carbocycles. The van der Waals surface area contributed by atoms with Gasteiger partial charge in [-0.3, -0.25) is 9.89 Å². The molecule has 0 unspecified atom stereocenters. The van der Waals surface area contributed by atoms with Crippen LogP contribution in [0.2, 0.25) is 0 Å². The van der Waals surface area contributed by atoms with E-state index in [1.54, 1.807) is 9.58 Å². The van der Waals surface area contributed by atoms with Crippen LogP contribution in [0.5, 0.6) is 0 Å². The minimum atomic E-state index is -0.522. The average molecular weight is 381 g/mol. The van der Waals surface area contributed by atoms with Gasteiger partial charge < -0.3 is 10.0 Å². The van der Waals surface area contributed by atoms with E-state index in [1.807, 2.05) is 44.2 Å². The summed E-state index contributed by atoms with van der Waals surface area (Å²) in [5.41, 5.74) is 3.69. The van der Waals surface area contributed by atoms with Crippen LogP contribution in [0.15, 0.2) is 30.3 Å². The van der Waals surface area contributed by atoms with Gasteiger partial charge in [-0.25, -0.2) is 0 Å². The number of carbonyl (C=O) groups excluding carboxylic acids is 1. The predicted molar refractivity (Wildman–Crippen MR) is 101 cm³/mol. The number of rotatable bonds is 5. The second kappa shape index (κ2) is 7.51. The van der Waals surface area contributed by atoms with Crippen molar-refractivity contribution < 1.29 is 9.90 Å². The zero-order valence-corrected chi connectivity index (χ0v) is 15.9. The van der Waals surface area contributed by atoms with Crippen LogP contribution < -0.4 is 0 Å². The second-order valence-electron chi connectivity index (χ2n) is 7.35. The maximum atomic E-state index is 12.7. The number of aromatic nitrogens is 6. The van der Waals surface area contributed by atoms with Crippen molar-refractivity contribution in [2.45, 2.75) is 32.8 Å². The molecule has 146 valence electrons. The number of likely N-dealkylation sites (tertiary alicyclic amines) is 1. The molecule has 1 aromatic carbocycles. The number of carbonyl (C=O) groups is 1. The summed E-state index contributed by atoms with van der Waals surface area (Å²) in [5.74, 6) is 0.732. The molecule has 1 saturated heterocycles. The molecule has 2 aromatic heterocycles. The van der Waals surface area contributed by atoms with Gasteiger partial charge >= 0.3 is 0 Å². The van der Waals surface area contributed by atoms with Crippen LogP contribution in [0.4, 0.5) is 0 Å². The van der Waals surface area contributed by atoms with Gasteiger partial charge in [0.1, 0.15) is 0 Å². The monoisotopic (exact) mass is 381 g/mol. The van der Waals surface area contributed by atoms with E-state index in [0.717, 1.165) is 22.6 Å². The lowest BCUT2D eigenvalue weighted by molar-refractivity contribution is -0.129. The molecular formula is C19H23N7O2. The molecule has 2 N–H and O–H groups in total. The zero-order valence-electron chi connectivity index (χ0n) is 15.9. The molecule has 3 heterocycles. The van der Waals surface area contributed by atoms with Crippen molar-refractivity contribution in [2.75, 3.05) is 13.1 Å². The number of aromatic amines is 1. The number of aryl methyl sites for hydroxylation is 2. The van der Waals surface area contributed by atoms with Crippen LogP contribution in [0.3, 0.4) is 0 Å². The van der Waals surface area contributed by atoms with Crippen LogP contribution in [0.25, 0.3) is 5.69 Å². The van der Waals surface area contributed by atoms with Gasteiger partial charge in [-0.2, -0.15) is 9.78 Å². The Morgan fingerprint density at radius 3 is 2.68 bits per heavy atom. The zero-order chi connectivity index (χ0) is 19.7. The summed E-state index contributed by atoms with van der Waals surface area (Å²) in [7, 11) is 0. The van der Waals surface area contributed by atoms with Crippen molar-refractivity contribution in [3.05, 3.63) is 53.1 Å². The molecule has 9 heteroatoms. The smallest absolute Gasteiger partial charge is 0.227 e. The topological polar surface area (TPSA) is 113 Å². The summed E-state index contributed by atoms with van der Waals surface area (Å²) in [6, 6.07) is 9.59. The molecule has 0 bridgehead atoms. The van der Waals surface area contributed by atoms with E-state index in [9.17, 15) is 9.90 Å². The van der Waals surface area contributed by atoms with E-state index in [4.69, 9.17) is 0 Å². The Balaban J connectivity index is 1.36. The number of benzene rings is 1. The fraction of sp³-hybridized carbons (Fsp3) is 0.421. The van der Waals surface area contributed by atoms with Crippen LogP contribution in [0, 0.1) is 19.8 Å². The van der Waals surface area contributed by atoms with E-state index < -0.39 is 6.10 Å². The lowest BCUT2D eigenvalue weighted by atomic mass is 10.0. The number of aliphatic hydroxyl groups excluding tert-OH is 1. The molecule has 4 rings (SSSR count). The SMILES string of the molecule is Cc1cc(C[C@@H]2CN(C(=O)Cc3ccc(-n4nnnc4C)cc3)C[C@@H]2O)n[nH]1. The standard InChI is InChI=1S/C19H23N7O2/c1-12-7-16(22-20-12)9-15-10-25(11-18(15)27)19(28)8-14-3-5-17(6-4-14)26-13(2)21-23-24-26/h3-7,15,18,27H,8-11H2,1-2H3,(H,20,22)/t15-,18+/m1/s1. The summed E-state index contributed by atoms with van der Waals surface area (Å²) < 4.78 is 1.64. The minimum Gasteiger partial charge on any atom is -0.391 e.